The number of rotatable bonds is 2. The van der Waals surface area contributed by atoms with Gasteiger partial charge in [0.05, 0.1) is 0 Å². The molecule has 0 fully saturated rings. The molecule has 2 rings (SSSR count). The van der Waals surface area contributed by atoms with Crippen LogP contribution in [-0.2, 0) is 10.8 Å². The average molecular weight is 312 g/mol. The molecule has 0 aliphatic heterocycles. The highest BCUT2D eigenvalue weighted by atomic mass is 16.5. The zero-order chi connectivity index (χ0) is 17.4. The summed E-state index contributed by atoms with van der Waals surface area (Å²) in [6.45, 7) is 14.7. The molecular formula is C21H28O2. The second kappa shape index (κ2) is 5.92. The van der Waals surface area contributed by atoms with E-state index in [1.165, 1.54) is 5.56 Å². The van der Waals surface area contributed by atoms with Crippen LogP contribution in [0.5, 0.6) is 17.2 Å². The Labute approximate surface area is 140 Å². The lowest BCUT2D eigenvalue weighted by Crippen LogP contribution is -2.17. The van der Waals surface area contributed by atoms with Gasteiger partial charge in [0, 0.05) is 11.1 Å². The summed E-state index contributed by atoms with van der Waals surface area (Å²) in [5.74, 6) is 1.95. The van der Waals surface area contributed by atoms with Crippen LogP contribution in [0.25, 0.3) is 0 Å². The maximum Gasteiger partial charge on any atom is 0.128 e. The molecule has 1 N–H and O–H groups in total. The summed E-state index contributed by atoms with van der Waals surface area (Å²) >= 11 is 0. The van der Waals surface area contributed by atoms with Crippen molar-refractivity contribution in [3.8, 4) is 17.2 Å². The van der Waals surface area contributed by atoms with E-state index >= 15 is 0 Å². The van der Waals surface area contributed by atoms with Crippen LogP contribution in [0.15, 0.2) is 36.4 Å². The monoisotopic (exact) mass is 312 g/mol. The first-order valence-corrected chi connectivity index (χ1v) is 8.11. The highest BCUT2D eigenvalue weighted by Gasteiger charge is 2.27. The molecule has 0 atom stereocenters. The highest BCUT2D eigenvalue weighted by molar-refractivity contribution is 5.52. The van der Waals surface area contributed by atoms with Crippen molar-refractivity contribution < 1.29 is 9.84 Å². The molecule has 2 nitrogen and oxygen atoms in total. The molecule has 0 aromatic heterocycles. The van der Waals surface area contributed by atoms with Crippen LogP contribution in [0.4, 0.5) is 0 Å². The number of benzene rings is 2. The lowest BCUT2D eigenvalue weighted by molar-refractivity contribution is 0.415. The van der Waals surface area contributed by atoms with Gasteiger partial charge in [0.15, 0.2) is 0 Å². The van der Waals surface area contributed by atoms with Gasteiger partial charge in [-0.05, 0) is 42.0 Å². The minimum absolute atomic E-state index is 0.156. The summed E-state index contributed by atoms with van der Waals surface area (Å²) in [6.07, 6.45) is 0. The molecule has 2 aromatic carbocycles. The van der Waals surface area contributed by atoms with E-state index in [9.17, 15) is 5.11 Å². The molecule has 0 bridgehead atoms. The van der Waals surface area contributed by atoms with Crippen LogP contribution in [0.3, 0.4) is 0 Å². The third kappa shape index (κ3) is 4.07. The standard InChI is InChI=1S/C21H28O2/c1-14-8-10-15(11-9-14)23-16-12-17(20(2,3)4)19(22)18(13-16)21(5,6)7/h8-13,22H,1-7H3. The first kappa shape index (κ1) is 17.4. The molecule has 124 valence electrons. The Morgan fingerprint density at radius 1 is 0.739 bits per heavy atom. The smallest absolute Gasteiger partial charge is 0.128 e. The van der Waals surface area contributed by atoms with Crippen molar-refractivity contribution in [3.63, 3.8) is 0 Å². The number of hydrogen-bond donors (Lipinski definition) is 1. The van der Waals surface area contributed by atoms with E-state index < -0.39 is 0 Å². The summed E-state index contributed by atoms with van der Waals surface area (Å²) in [6, 6.07) is 11.9. The van der Waals surface area contributed by atoms with E-state index in [0.717, 1.165) is 22.6 Å². The summed E-state index contributed by atoms with van der Waals surface area (Å²) in [4.78, 5) is 0. The Kier molecular flexibility index (Phi) is 4.48. The van der Waals surface area contributed by atoms with E-state index in [0.29, 0.717) is 5.75 Å². The maximum atomic E-state index is 10.7. The van der Waals surface area contributed by atoms with Crippen LogP contribution < -0.4 is 4.74 Å². The zero-order valence-electron chi connectivity index (χ0n) is 15.3. The molecule has 0 saturated carbocycles. The summed E-state index contributed by atoms with van der Waals surface area (Å²) in [7, 11) is 0. The lowest BCUT2D eigenvalue weighted by atomic mass is 9.79. The largest absolute Gasteiger partial charge is 0.507 e. The van der Waals surface area contributed by atoms with Crippen LogP contribution in [0, 0.1) is 6.92 Å². The molecule has 2 aromatic rings. The fourth-order valence-corrected chi connectivity index (χ4v) is 2.55. The van der Waals surface area contributed by atoms with Gasteiger partial charge in [-0.2, -0.15) is 0 Å². The maximum absolute atomic E-state index is 10.7. The summed E-state index contributed by atoms with van der Waals surface area (Å²) < 4.78 is 6.05. The number of ether oxygens (including phenoxy) is 1. The van der Waals surface area contributed by atoms with Gasteiger partial charge < -0.3 is 9.84 Å². The van der Waals surface area contributed by atoms with E-state index in [2.05, 4.69) is 48.5 Å². The predicted molar refractivity (Wildman–Crippen MR) is 96.8 cm³/mol. The van der Waals surface area contributed by atoms with E-state index in [-0.39, 0.29) is 10.8 Å². The Morgan fingerprint density at radius 2 is 1.17 bits per heavy atom. The van der Waals surface area contributed by atoms with Gasteiger partial charge >= 0.3 is 0 Å². The average Bonchev–Trinajstić information content (AvgIpc) is 2.40. The fourth-order valence-electron chi connectivity index (χ4n) is 2.55. The van der Waals surface area contributed by atoms with Crippen molar-refractivity contribution >= 4 is 0 Å². The Bertz CT molecular complexity index is 648. The van der Waals surface area contributed by atoms with E-state index in [1.54, 1.807) is 0 Å². The number of hydrogen-bond acceptors (Lipinski definition) is 2. The quantitative estimate of drug-likeness (QED) is 0.727. The molecule has 0 amide bonds. The molecule has 0 aliphatic rings. The summed E-state index contributed by atoms with van der Waals surface area (Å²) in [5, 5.41) is 10.7. The van der Waals surface area contributed by atoms with E-state index in [4.69, 9.17) is 4.74 Å². The second-order valence-corrected chi connectivity index (χ2v) is 8.28. The van der Waals surface area contributed by atoms with Crippen molar-refractivity contribution in [2.45, 2.75) is 59.3 Å². The normalized spacial score (nSPS) is 12.3. The zero-order valence-corrected chi connectivity index (χ0v) is 15.3. The second-order valence-electron chi connectivity index (χ2n) is 8.28. The molecule has 23 heavy (non-hydrogen) atoms. The third-order valence-electron chi connectivity index (χ3n) is 3.96. The Hall–Kier alpha value is -1.96. The van der Waals surface area contributed by atoms with Crippen molar-refractivity contribution in [3.05, 3.63) is 53.1 Å². The van der Waals surface area contributed by atoms with Crippen LogP contribution in [-0.4, -0.2) is 5.11 Å². The predicted octanol–water partition coefficient (Wildman–Crippen LogP) is 6.09. The van der Waals surface area contributed by atoms with Gasteiger partial charge in [-0.15, -0.1) is 0 Å². The van der Waals surface area contributed by atoms with Crippen molar-refractivity contribution in [1.82, 2.24) is 0 Å². The first-order chi connectivity index (χ1) is 10.5. The molecule has 0 radical (unpaired) electrons. The van der Waals surface area contributed by atoms with E-state index in [1.807, 2.05) is 36.4 Å². The number of aromatic hydroxyl groups is 1. The molecule has 0 unspecified atom stereocenters. The Morgan fingerprint density at radius 3 is 1.57 bits per heavy atom. The van der Waals surface area contributed by atoms with Crippen molar-refractivity contribution in [1.29, 1.82) is 0 Å². The van der Waals surface area contributed by atoms with Gasteiger partial charge in [-0.25, -0.2) is 0 Å². The minimum Gasteiger partial charge on any atom is -0.507 e. The van der Waals surface area contributed by atoms with Gasteiger partial charge in [0.1, 0.15) is 17.2 Å². The van der Waals surface area contributed by atoms with Crippen molar-refractivity contribution in [2.24, 2.45) is 0 Å². The number of aryl methyl sites for hydroxylation is 1. The minimum atomic E-state index is -0.156. The van der Waals surface area contributed by atoms with Gasteiger partial charge in [0.2, 0.25) is 0 Å². The van der Waals surface area contributed by atoms with Gasteiger partial charge in [-0.1, -0.05) is 59.2 Å². The lowest BCUT2D eigenvalue weighted by Gasteiger charge is -2.28. The highest BCUT2D eigenvalue weighted by Crippen LogP contribution is 2.42. The van der Waals surface area contributed by atoms with Crippen LogP contribution in [0.2, 0.25) is 0 Å². The fraction of sp³-hybridized carbons (Fsp3) is 0.429. The van der Waals surface area contributed by atoms with Gasteiger partial charge in [-0.3, -0.25) is 0 Å². The summed E-state index contributed by atoms with van der Waals surface area (Å²) in [5.41, 5.74) is 2.71. The topological polar surface area (TPSA) is 29.5 Å². The molecular weight excluding hydrogens is 284 g/mol. The van der Waals surface area contributed by atoms with Crippen LogP contribution >= 0.6 is 0 Å². The van der Waals surface area contributed by atoms with Crippen molar-refractivity contribution in [2.75, 3.05) is 0 Å². The number of phenolic OH excluding ortho intramolecular Hbond substituents is 1. The number of phenols is 1. The molecule has 2 heteroatoms. The molecule has 0 spiro atoms. The SMILES string of the molecule is Cc1ccc(Oc2cc(C(C)(C)C)c(O)c(C(C)(C)C)c2)cc1. The molecule has 0 heterocycles. The van der Waals surface area contributed by atoms with Crippen LogP contribution in [0.1, 0.15) is 58.2 Å². The molecule has 0 saturated heterocycles. The third-order valence-corrected chi connectivity index (χ3v) is 3.96. The van der Waals surface area contributed by atoms with Gasteiger partial charge in [0.25, 0.3) is 0 Å². The molecule has 0 aliphatic carbocycles. The Balaban J connectivity index is 2.53. The first-order valence-electron chi connectivity index (χ1n) is 8.11.